The Morgan fingerprint density at radius 3 is 0.767 bits per heavy atom. The molecule has 73 heavy (non-hydrogen) atoms. The van der Waals surface area contributed by atoms with E-state index in [1.807, 2.05) is 0 Å². The van der Waals surface area contributed by atoms with Gasteiger partial charge in [0.1, 0.15) is 13.2 Å². The topological polar surface area (TPSA) is 78.9 Å². The SMILES string of the molecule is CCCCCCC/C=C\C/C=C\C/C=C\CCCCCCCCC(=O)OC(COC(=O)CCCCCCCCC)COC(=O)CCCCCCCCCCCCCCCCC/C=C\C/C=C\CCCCCCC. The summed E-state index contributed by atoms with van der Waals surface area (Å²) >= 11 is 0. The fourth-order valence-corrected chi connectivity index (χ4v) is 9.19. The van der Waals surface area contributed by atoms with Gasteiger partial charge in [0.2, 0.25) is 0 Å². The summed E-state index contributed by atoms with van der Waals surface area (Å²) in [5, 5.41) is 0. The summed E-state index contributed by atoms with van der Waals surface area (Å²) in [6.07, 6.45) is 78.2. The Bertz CT molecular complexity index is 1310. The van der Waals surface area contributed by atoms with E-state index in [-0.39, 0.29) is 31.1 Å². The van der Waals surface area contributed by atoms with Gasteiger partial charge in [-0.3, -0.25) is 14.4 Å². The molecule has 1 atom stereocenters. The molecule has 0 aliphatic heterocycles. The number of hydrogen-bond acceptors (Lipinski definition) is 6. The van der Waals surface area contributed by atoms with Gasteiger partial charge in [0.25, 0.3) is 0 Å². The molecule has 6 heteroatoms. The number of hydrogen-bond donors (Lipinski definition) is 0. The average molecular weight is 1020 g/mol. The van der Waals surface area contributed by atoms with Crippen LogP contribution in [0.5, 0.6) is 0 Å². The fourth-order valence-electron chi connectivity index (χ4n) is 9.19. The number of allylic oxidation sites excluding steroid dienone is 10. The van der Waals surface area contributed by atoms with Crippen molar-refractivity contribution in [3.63, 3.8) is 0 Å². The van der Waals surface area contributed by atoms with Crippen molar-refractivity contribution in [1.29, 1.82) is 0 Å². The first kappa shape index (κ1) is 70.1. The molecule has 6 nitrogen and oxygen atoms in total. The third-order valence-electron chi connectivity index (χ3n) is 14.0. The number of carbonyl (C=O) groups excluding carboxylic acids is 3. The second kappa shape index (κ2) is 61.7. The first-order chi connectivity index (χ1) is 36.0. The summed E-state index contributed by atoms with van der Waals surface area (Å²) in [6, 6.07) is 0. The van der Waals surface area contributed by atoms with Crippen LogP contribution in [0.3, 0.4) is 0 Å². The van der Waals surface area contributed by atoms with Crippen molar-refractivity contribution in [2.45, 2.75) is 335 Å². The van der Waals surface area contributed by atoms with E-state index < -0.39 is 6.10 Å². The molecule has 0 spiro atoms. The lowest BCUT2D eigenvalue weighted by atomic mass is 10.0. The summed E-state index contributed by atoms with van der Waals surface area (Å²) in [5.41, 5.74) is 0. The van der Waals surface area contributed by atoms with Crippen LogP contribution in [0.25, 0.3) is 0 Å². The zero-order valence-electron chi connectivity index (χ0n) is 48.7. The van der Waals surface area contributed by atoms with Gasteiger partial charge >= 0.3 is 17.9 Å². The smallest absolute Gasteiger partial charge is 0.306 e. The Balaban J connectivity index is 4.12. The van der Waals surface area contributed by atoms with Gasteiger partial charge in [0.05, 0.1) is 0 Å². The van der Waals surface area contributed by atoms with Crippen LogP contribution in [0.4, 0.5) is 0 Å². The molecule has 0 amide bonds. The van der Waals surface area contributed by atoms with Gasteiger partial charge in [-0.2, -0.15) is 0 Å². The van der Waals surface area contributed by atoms with E-state index >= 15 is 0 Å². The zero-order chi connectivity index (χ0) is 52.9. The third kappa shape index (κ3) is 59.9. The minimum atomic E-state index is -0.778. The molecule has 0 aromatic carbocycles. The maximum atomic E-state index is 12.8. The molecular formula is C67H120O6. The molecule has 0 aromatic rings. The van der Waals surface area contributed by atoms with E-state index in [0.717, 1.165) is 83.5 Å². The van der Waals surface area contributed by atoms with Crippen molar-refractivity contribution in [2.75, 3.05) is 13.2 Å². The molecule has 0 N–H and O–H groups in total. The molecule has 0 rings (SSSR count). The molecule has 0 aromatic heterocycles. The summed E-state index contributed by atoms with van der Waals surface area (Å²) in [7, 11) is 0. The van der Waals surface area contributed by atoms with Gasteiger partial charge in [0, 0.05) is 19.3 Å². The number of rotatable bonds is 58. The molecule has 0 fully saturated rings. The Kier molecular flexibility index (Phi) is 59.2. The molecule has 0 heterocycles. The average Bonchev–Trinajstić information content (AvgIpc) is 3.39. The van der Waals surface area contributed by atoms with E-state index in [9.17, 15) is 14.4 Å². The molecule has 0 bridgehead atoms. The highest BCUT2D eigenvalue weighted by Crippen LogP contribution is 2.16. The van der Waals surface area contributed by atoms with Crippen LogP contribution in [0, 0.1) is 0 Å². The summed E-state index contributed by atoms with van der Waals surface area (Å²) < 4.78 is 16.8. The lowest BCUT2D eigenvalue weighted by Gasteiger charge is -2.18. The van der Waals surface area contributed by atoms with Crippen molar-refractivity contribution in [3.8, 4) is 0 Å². The van der Waals surface area contributed by atoms with Crippen molar-refractivity contribution >= 4 is 17.9 Å². The van der Waals surface area contributed by atoms with Gasteiger partial charge in [0.15, 0.2) is 6.10 Å². The molecule has 0 radical (unpaired) electrons. The molecule has 0 aliphatic carbocycles. The summed E-state index contributed by atoms with van der Waals surface area (Å²) in [4.78, 5) is 38.1. The van der Waals surface area contributed by atoms with E-state index in [0.29, 0.717) is 19.3 Å². The third-order valence-corrected chi connectivity index (χ3v) is 14.0. The maximum Gasteiger partial charge on any atom is 0.306 e. The Labute approximate surface area is 453 Å². The van der Waals surface area contributed by atoms with Crippen molar-refractivity contribution in [3.05, 3.63) is 60.8 Å². The van der Waals surface area contributed by atoms with Crippen LogP contribution in [-0.2, 0) is 28.6 Å². The molecular weight excluding hydrogens is 901 g/mol. The monoisotopic (exact) mass is 1020 g/mol. The quantitative estimate of drug-likeness (QED) is 0.0261. The van der Waals surface area contributed by atoms with Crippen LogP contribution in [0.2, 0.25) is 0 Å². The predicted octanol–water partition coefficient (Wildman–Crippen LogP) is 21.6. The minimum absolute atomic E-state index is 0.0771. The highest BCUT2D eigenvalue weighted by molar-refractivity contribution is 5.71. The molecule has 424 valence electrons. The number of carbonyl (C=O) groups is 3. The van der Waals surface area contributed by atoms with Gasteiger partial charge in [-0.1, -0.05) is 281 Å². The first-order valence-corrected chi connectivity index (χ1v) is 31.8. The van der Waals surface area contributed by atoms with Crippen LogP contribution >= 0.6 is 0 Å². The summed E-state index contributed by atoms with van der Waals surface area (Å²) in [6.45, 7) is 6.60. The normalized spacial score (nSPS) is 12.4. The van der Waals surface area contributed by atoms with Crippen LogP contribution in [-0.4, -0.2) is 37.2 Å². The van der Waals surface area contributed by atoms with Crippen molar-refractivity contribution < 1.29 is 28.6 Å². The Morgan fingerprint density at radius 2 is 0.493 bits per heavy atom. The lowest BCUT2D eigenvalue weighted by Crippen LogP contribution is -2.30. The summed E-state index contributed by atoms with van der Waals surface area (Å²) in [5.74, 6) is -0.882. The van der Waals surface area contributed by atoms with Crippen molar-refractivity contribution in [2.24, 2.45) is 0 Å². The number of ether oxygens (including phenoxy) is 3. The fraction of sp³-hybridized carbons (Fsp3) is 0.806. The maximum absolute atomic E-state index is 12.8. The van der Waals surface area contributed by atoms with Gasteiger partial charge < -0.3 is 14.2 Å². The molecule has 0 aliphatic rings. The Morgan fingerprint density at radius 1 is 0.274 bits per heavy atom. The zero-order valence-corrected chi connectivity index (χ0v) is 48.7. The lowest BCUT2D eigenvalue weighted by molar-refractivity contribution is -0.167. The Hall–Kier alpha value is -2.89. The first-order valence-electron chi connectivity index (χ1n) is 31.8. The standard InChI is InChI=1S/C67H120O6/c1-4-7-10-13-16-18-20-22-24-26-28-30-31-32-33-34-35-37-38-40-42-44-46-48-51-54-57-60-66(69)72-63-64(62-71-65(68)59-56-53-50-15-12-9-6-3)73-67(70)61-58-55-52-49-47-45-43-41-39-36-29-27-25-23-21-19-17-14-11-8-5-2/h20-23,26-29,39,41,64H,4-19,24-25,30-38,40,42-63H2,1-3H3/b22-20-,23-21-,28-26-,29-27-,41-39-. The number of unbranched alkanes of at least 4 members (excludes halogenated alkanes) is 37. The van der Waals surface area contributed by atoms with E-state index in [1.165, 1.54) is 205 Å². The molecule has 0 saturated heterocycles. The minimum Gasteiger partial charge on any atom is -0.462 e. The largest absolute Gasteiger partial charge is 0.462 e. The van der Waals surface area contributed by atoms with E-state index in [1.54, 1.807) is 0 Å². The highest BCUT2D eigenvalue weighted by Gasteiger charge is 2.19. The second-order valence-corrected chi connectivity index (χ2v) is 21.3. The molecule has 1 unspecified atom stereocenters. The van der Waals surface area contributed by atoms with Crippen LogP contribution < -0.4 is 0 Å². The van der Waals surface area contributed by atoms with Gasteiger partial charge in [-0.25, -0.2) is 0 Å². The number of esters is 3. The highest BCUT2D eigenvalue weighted by atomic mass is 16.6. The van der Waals surface area contributed by atoms with Crippen molar-refractivity contribution in [1.82, 2.24) is 0 Å². The van der Waals surface area contributed by atoms with Crippen LogP contribution in [0.15, 0.2) is 60.8 Å². The second-order valence-electron chi connectivity index (χ2n) is 21.3. The van der Waals surface area contributed by atoms with E-state index in [4.69, 9.17) is 14.2 Å². The van der Waals surface area contributed by atoms with Gasteiger partial charge in [-0.05, 0) is 89.9 Å². The van der Waals surface area contributed by atoms with E-state index in [2.05, 4.69) is 81.5 Å². The van der Waals surface area contributed by atoms with Gasteiger partial charge in [-0.15, -0.1) is 0 Å². The van der Waals surface area contributed by atoms with Crippen LogP contribution in [0.1, 0.15) is 329 Å². The molecule has 0 saturated carbocycles. The predicted molar refractivity (Wildman–Crippen MR) is 316 cm³/mol.